The van der Waals surface area contributed by atoms with Gasteiger partial charge in [0.25, 0.3) is 11.6 Å². The molecule has 0 fully saturated rings. The minimum Gasteiger partial charge on any atom is -0.336 e. The van der Waals surface area contributed by atoms with Crippen LogP contribution in [0, 0.1) is 10.1 Å². The summed E-state index contributed by atoms with van der Waals surface area (Å²) in [4.78, 5) is 28.4. The van der Waals surface area contributed by atoms with Crippen molar-refractivity contribution in [3.8, 4) is 10.6 Å². The van der Waals surface area contributed by atoms with Gasteiger partial charge in [0, 0.05) is 42.7 Å². The van der Waals surface area contributed by atoms with Crippen LogP contribution in [-0.2, 0) is 0 Å². The monoisotopic (exact) mass is 320 g/mol. The molecule has 116 valence electrons. The van der Waals surface area contributed by atoms with Crippen LogP contribution in [-0.4, -0.2) is 40.3 Å². The van der Waals surface area contributed by atoms with E-state index >= 15 is 0 Å². The maximum Gasteiger partial charge on any atom is 0.273 e. The SMILES string of the molecule is CC(CN)N(C)C(=O)c1csc(-c2cccc([N+](=O)[O-])c2)n1. The fourth-order valence-electron chi connectivity index (χ4n) is 1.80. The van der Waals surface area contributed by atoms with Crippen molar-refractivity contribution < 1.29 is 9.72 Å². The van der Waals surface area contributed by atoms with Crippen molar-refractivity contribution in [2.75, 3.05) is 13.6 Å². The Morgan fingerprint density at radius 2 is 2.27 bits per heavy atom. The molecule has 1 aromatic heterocycles. The van der Waals surface area contributed by atoms with Crippen molar-refractivity contribution >= 4 is 22.9 Å². The van der Waals surface area contributed by atoms with Crippen LogP contribution in [0.4, 0.5) is 5.69 Å². The molecule has 1 aromatic carbocycles. The molecule has 22 heavy (non-hydrogen) atoms. The Morgan fingerprint density at radius 1 is 1.55 bits per heavy atom. The van der Waals surface area contributed by atoms with Crippen LogP contribution in [0.15, 0.2) is 29.6 Å². The predicted molar refractivity (Wildman–Crippen MR) is 84.8 cm³/mol. The van der Waals surface area contributed by atoms with E-state index in [0.29, 0.717) is 22.8 Å². The van der Waals surface area contributed by atoms with Gasteiger partial charge in [-0.2, -0.15) is 0 Å². The number of benzene rings is 1. The fraction of sp³-hybridized carbons (Fsp3) is 0.286. The number of carbonyl (C=O) groups is 1. The number of rotatable bonds is 5. The maximum absolute atomic E-state index is 12.3. The van der Waals surface area contributed by atoms with E-state index in [1.807, 2.05) is 6.92 Å². The number of likely N-dealkylation sites (N-methyl/N-ethyl adjacent to an activating group) is 1. The maximum atomic E-state index is 12.3. The number of nitro groups is 1. The van der Waals surface area contributed by atoms with E-state index in [9.17, 15) is 14.9 Å². The summed E-state index contributed by atoms with van der Waals surface area (Å²) in [6.07, 6.45) is 0. The van der Waals surface area contributed by atoms with Crippen molar-refractivity contribution in [1.82, 2.24) is 9.88 Å². The van der Waals surface area contributed by atoms with Gasteiger partial charge < -0.3 is 10.6 Å². The van der Waals surface area contributed by atoms with Crippen LogP contribution in [0.5, 0.6) is 0 Å². The molecule has 2 rings (SSSR count). The zero-order valence-corrected chi connectivity index (χ0v) is 13.0. The summed E-state index contributed by atoms with van der Waals surface area (Å²) in [7, 11) is 1.67. The van der Waals surface area contributed by atoms with Gasteiger partial charge in [-0.05, 0) is 6.92 Å². The Morgan fingerprint density at radius 3 is 2.91 bits per heavy atom. The van der Waals surface area contributed by atoms with Gasteiger partial charge in [0.15, 0.2) is 0 Å². The molecule has 1 heterocycles. The fourth-order valence-corrected chi connectivity index (χ4v) is 2.59. The van der Waals surface area contributed by atoms with E-state index in [4.69, 9.17) is 5.73 Å². The van der Waals surface area contributed by atoms with Gasteiger partial charge in [-0.25, -0.2) is 4.98 Å². The molecular weight excluding hydrogens is 304 g/mol. The zero-order valence-electron chi connectivity index (χ0n) is 12.2. The van der Waals surface area contributed by atoms with Gasteiger partial charge in [0.05, 0.1) is 4.92 Å². The number of nitro benzene ring substituents is 1. The molecule has 0 saturated carbocycles. The van der Waals surface area contributed by atoms with Crippen LogP contribution in [0.25, 0.3) is 10.6 Å². The average Bonchev–Trinajstić information content (AvgIpc) is 3.02. The Hall–Kier alpha value is -2.32. The first-order valence-corrected chi connectivity index (χ1v) is 7.49. The summed E-state index contributed by atoms with van der Waals surface area (Å²) in [5.74, 6) is -0.217. The Kier molecular flexibility index (Phi) is 4.84. The molecule has 8 heteroatoms. The summed E-state index contributed by atoms with van der Waals surface area (Å²) in [5.41, 5.74) is 6.48. The summed E-state index contributed by atoms with van der Waals surface area (Å²) in [5, 5.41) is 13.0. The van der Waals surface area contributed by atoms with Crippen molar-refractivity contribution in [3.05, 3.63) is 45.5 Å². The van der Waals surface area contributed by atoms with Crippen molar-refractivity contribution in [1.29, 1.82) is 0 Å². The molecule has 7 nitrogen and oxygen atoms in total. The molecule has 2 N–H and O–H groups in total. The molecule has 1 amide bonds. The van der Waals surface area contributed by atoms with Crippen LogP contribution < -0.4 is 5.73 Å². The minimum atomic E-state index is -0.458. The molecule has 0 aliphatic carbocycles. The molecule has 2 aromatic rings. The first-order chi connectivity index (χ1) is 10.4. The number of amides is 1. The lowest BCUT2D eigenvalue weighted by Crippen LogP contribution is -2.39. The van der Waals surface area contributed by atoms with Gasteiger partial charge in [0.2, 0.25) is 0 Å². The van der Waals surface area contributed by atoms with Gasteiger partial charge in [0.1, 0.15) is 10.7 Å². The van der Waals surface area contributed by atoms with Crippen molar-refractivity contribution in [2.24, 2.45) is 5.73 Å². The normalized spacial score (nSPS) is 12.0. The number of nitrogens with zero attached hydrogens (tertiary/aromatic N) is 3. The van der Waals surface area contributed by atoms with E-state index < -0.39 is 4.92 Å². The summed E-state index contributed by atoms with van der Waals surface area (Å²) in [6, 6.07) is 6.10. The molecule has 0 bridgehead atoms. The average molecular weight is 320 g/mol. The summed E-state index contributed by atoms with van der Waals surface area (Å²) >= 11 is 1.28. The van der Waals surface area contributed by atoms with Crippen LogP contribution >= 0.6 is 11.3 Å². The van der Waals surface area contributed by atoms with E-state index in [-0.39, 0.29) is 17.6 Å². The number of thiazole rings is 1. The Balaban J connectivity index is 2.26. The number of hydrogen-bond donors (Lipinski definition) is 1. The van der Waals surface area contributed by atoms with Crippen LogP contribution in [0.3, 0.4) is 0 Å². The van der Waals surface area contributed by atoms with Crippen LogP contribution in [0.1, 0.15) is 17.4 Å². The van der Waals surface area contributed by atoms with E-state index in [1.165, 1.54) is 28.4 Å². The first-order valence-electron chi connectivity index (χ1n) is 6.61. The molecule has 0 aliphatic heterocycles. The van der Waals surface area contributed by atoms with E-state index in [1.54, 1.807) is 24.6 Å². The zero-order chi connectivity index (χ0) is 16.3. The molecular formula is C14H16N4O3S. The Labute approximate surface area is 131 Å². The predicted octanol–water partition coefficient (Wildman–Crippen LogP) is 2.14. The van der Waals surface area contributed by atoms with Crippen molar-refractivity contribution in [2.45, 2.75) is 13.0 Å². The molecule has 1 atom stereocenters. The Bertz CT molecular complexity index is 701. The number of hydrogen-bond acceptors (Lipinski definition) is 6. The highest BCUT2D eigenvalue weighted by Gasteiger charge is 2.20. The quantitative estimate of drug-likeness (QED) is 0.671. The highest BCUT2D eigenvalue weighted by atomic mass is 32.1. The van der Waals surface area contributed by atoms with E-state index in [2.05, 4.69) is 4.98 Å². The number of carbonyl (C=O) groups excluding carboxylic acids is 1. The highest BCUT2D eigenvalue weighted by molar-refractivity contribution is 7.13. The third kappa shape index (κ3) is 3.29. The third-order valence-corrected chi connectivity index (χ3v) is 4.24. The third-order valence-electron chi connectivity index (χ3n) is 3.35. The smallest absolute Gasteiger partial charge is 0.273 e. The molecule has 1 unspecified atom stereocenters. The largest absolute Gasteiger partial charge is 0.336 e. The second kappa shape index (κ2) is 6.63. The molecule has 0 radical (unpaired) electrons. The van der Waals surface area contributed by atoms with Gasteiger partial charge >= 0.3 is 0 Å². The first kappa shape index (κ1) is 16.1. The van der Waals surface area contributed by atoms with Gasteiger partial charge in [-0.3, -0.25) is 14.9 Å². The number of non-ortho nitro benzene ring substituents is 1. The summed E-state index contributed by atoms with van der Waals surface area (Å²) < 4.78 is 0. The molecule has 0 saturated heterocycles. The van der Waals surface area contributed by atoms with Gasteiger partial charge in [-0.15, -0.1) is 11.3 Å². The second-order valence-corrected chi connectivity index (χ2v) is 5.70. The van der Waals surface area contributed by atoms with Gasteiger partial charge in [-0.1, -0.05) is 12.1 Å². The van der Waals surface area contributed by atoms with Crippen molar-refractivity contribution in [3.63, 3.8) is 0 Å². The second-order valence-electron chi connectivity index (χ2n) is 4.85. The minimum absolute atomic E-state index is 0.00514. The van der Waals surface area contributed by atoms with E-state index in [0.717, 1.165) is 0 Å². The standard InChI is InChI=1S/C14H16N4O3S/c1-9(7-15)17(2)14(19)12-8-22-13(16-12)10-4-3-5-11(6-10)18(20)21/h3-6,8-9H,7,15H2,1-2H3. The number of nitrogens with two attached hydrogens (primary N) is 1. The highest BCUT2D eigenvalue weighted by Crippen LogP contribution is 2.27. The lowest BCUT2D eigenvalue weighted by Gasteiger charge is -2.22. The number of aromatic nitrogens is 1. The molecule has 0 spiro atoms. The van der Waals surface area contributed by atoms with Crippen LogP contribution in [0.2, 0.25) is 0 Å². The lowest BCUT2D eigenvalue weighted by molar-refractivity contribution is -0.384. The summed E-state index contributed by atoms with van der Waals surface area (Å²) in [6.45, 7) is 2.22. The lowest BCUT2D eigenvalue weighted by atomic mass is 10.2. The molecule has 0 aliphatic rings. The topological polar surface area (TPSA) is 102 Å².